The molecule has 6 heteroatoms. The normalized spacial score (nSPS) is 10.5. The average molecular weight is 310 g/mol. The molecule has 1 N–H and O–H groups in total. The van der Waals surface area contributed by atoms with Gasteiger partial charge in [-0.2, -0.15) is 4.98 Å². The van der Waals surface area contributed by atoms with Crippen molar-refractivity contribution in [3.63, 3.8) is 0 Å². The SMILES string of the molecule is COC(=O)Oc1cc(C)nc(-c2ccc3cc(O)ccc3c2)n1. The maximum absolute atomic E-state index is 11.2. The molecule has 0 saturated heterocycles. The van der Waals surface area contributed by atoms with Crippen molar-refractivity contribution in [1.82, 2.24) is 9.97 Å². The molecule has 0 atom stereocenters. The van der Waals surface area contributed by atoms with Gasteiger partial charge in [0.2, 0.25) is 5.88 Å². The topological polar surface area (TPSA) is 81.5 Å². The minimum absolute atomic E-state index is 0.130. The summed E-state index contributed by atoms with van der Waals surface area (Å²) in [6.45, 7) is 1.79. The van der Waals surface area contributed by atoms with Gasteiger partial charge < -0.3 is 14.6 Å². The van der Waals surface area contributed by atoms with Crippen molar-refractivity contribution in [2.24, 2.45) is 0 Å². The molecule has 0 unspecified atom stereocenters. The number of hydrogen-bond acceptors (Lipinski definition) is 6. The lowest BCUT2D eigenvalue weighted by molar-refractivity contribution is 0.119. The number of methoxy groups -OCH3 is 1. The van der Waals surface area contributed by atoms with Gasteiger partial charge in [-0.15, -0.1) is 0 Å². The molecule has 0 amide bonds. The van der Waals surface area contributed by atoms with Gasteiger partial charge in [0.25, 0.3) is 0 Å². The van der Waals surface area contributed by atoms with Crippen molar-refractivity contribution in [2.75, 3.05) is 7.11 Å². The molecule has 2 aromatic carbocycles. The molecule has 0 bridgehead atoms. The number of phenols is 1. The van der Waals surface area contributed by atoms with Gasteiger partial charge >= 0.3 is 6.16 Å². The number of aryl methyl sites for hydroxylation is 1. The van der Waals surface area contributed by atoms with Crippen molar-refractivity contribution in [3.8, 4) is 23.0 Å². The van der Waals surface area contributed by atoms with Crippen LogP contribution in [0.4, 0.5) is 4.79 Å². The molecule has 0 saturated carbocycles. The van der Waals surface area contributed by atoms with Crippen LogP contribution < -0.4 is 4.74 Å². The maximum atomic E-state index is 11.2. The van der Waals surface area contributed by atoms with Crippen LogP contribution in [0.2, 0.25) is 0 Å². The Labute approximate surface area is 132 Å². The molecule has 1 heterocycles. The first kappa shape index (κ1) is 14.8. The van der Waals surface area contributed by atoms with E-state index in [1.54, 1.807) is 25.1 Å². The van der Waals surface area contributed by atoms with E-state index in [0.29, 0.717) is 11.5 Å². The monoisotopic (exact) mass is 310 g/mol. The van der Waals surface area contributed by atoms with E-state index in [0.717, 1.165) is 16.3 Å². The Balaban J connectivity index is 2.03. The molecular weight excluding hydrogens is 296 g/mol. The highest BCUT2D eigenvalue weighted by molar-refractivity contribution is 5.87. The summed E-state index contributed by atoms with van der Waals surface area (Å²) in [7, 11) is 1.23. The van der Waals surface area contributed by atoms with Crippen LogP contribution in [-0.2, 0) is 4.74 Å². The zero-order valence-electron chi connectivity index (χ0n) is 12.6. The van der Waals surface area contributed by atoms with Gasteiger partial charge in [-0.25, -0.2) is 9.78 Å². The predicted molar refractivity (Wildman–Crippen MR) is 84.4 cm³/mol. The van der Waals surface area contributed by atoms with Crippen LogP contribution in [-0.4, -0.2) is 28.3 Å². The maximum Gasteiger partial charge on any atom is 0.514 e. The van der Waals surface area contributed by atoms with Crippen LogP contribution in [0, 0.1) is 6.92 Å². The third kappa shape index (κ3) is 3.21. The average Bonchev–Trinajstić information content (AvgIpc) is 2.53. The van der Waals surface area contributed by atoms with Crippen molar-refractivity contribution in [2.45, 2.75) is 6.92 Å². The van der Waals surface area contributed by atoms with Crippen molar-refractivity contribution >= 4 is 16.9 Å². The number of carbonyl (C=O) groups is 1. The standard InChI is InChI=1S/C17H14N2O4/c1-10-7-15(23-17(21)22-2)19-16(18-10)13-4-3-12-9-14(20)6-5-11(12)8-13/h3-9,20H,1-2H3. The van der Waals surface area contributed by atoms with Gasteiger partial charge in [-0.3, -0.25) is 0 Å². The van der Waals surface area contributed by atoms with Crippen LogP contribution in [0.15, 0.2) is 42.5 Å². The summed E-state index contributed by atoms with van der Waals surface area (Å²) in [5, 5.41) is 11.4. The fourth-order valence-corrected chi connectivity index (χ4v) is 2.22. The summed E-state index contributed by atoms with van der Waals surface area (Å²) in [4.78, 5) is 19.8. The van der Waals surface area contributed by atoms with Crippen LogP contribution in [0.3, 0.4) is 0 Å². The van der Waals surface area contributed by atoms with E-state index in [1.165, 1.54) is 7.11 Å². The highest BCUT2D eigenvalue weighted by Gasteiger charge is 2.10. The second-order valence-corrected chi connectivity index (χ2v) is 4.97. The Kier molecular flexibility index (Phi) is 3.80. The number of aromatic hydroxyl groups is 1. The van der Waals surface area contributed by atoms with Crippen molar-refractivity contribution in [3.05, 3.63) is 48.2 Å². The third-order valence-corrected chi connectivity index (χ3v) is 3.27. The Morgan fingerprint density at radius 2 is 1.78 bits per heavy atom. The van der Waals surface area contributed by atoms with E-state index in [4.69, 9.17) is 4.74 Å². The molecule has 116 valence electrons. The largest absolute Gasteiger partial charge is 0.514 e. The van der Waals surface area contributed by atoms with Gasteiger partial charge in [0.1, 0.15) is 5.75 Å². The fourth-order valence-electron chi connectivity index (χ4n) is 2.22. The highest BCUT2D eigenvalue weighted by atomic mass is 16.7. The molecule has 0 aliphatic heterocycles. The summed E-state index contributed by atoms with van der Waals surface area (Å²) in [6.07, 6.45) is -0.831. The number of fused-ring (bicyclic) bond motifs is 1. The molecule has 0 spiro atoms. The number of nitrogens with zero attached hydrogens (tertiary/aromatic N) is 2. The molecule has 3 aromatic rings. The van der Waals surface area contributed by atoms with Gasteiger partial charge in [0, 0.05) is 17.3 Å². The molecule has 3 rings (SSSR count). The number of hydrogen-bond donors (Lipinski definition) is 1. The van der Waals surface area contributed by atoms with Crippen molar-refractivity contribution < 1.29 is 19.4 Å². The molecule has 0 aliphatic rings. The number of ether oxygens (including phenoxy) is 2. The van der Waals surface area contributed by atoms with Crippen LogP contribution in [0.5, 0.6) is 11.6 Å². The van der Waals surface area contributed by atoms with Gasteiger partial charge in [-0.05, 0) is 35.9 Å². The second kappa shape index (κ2) is 5.92. The molecule has 0 fully saturated rings. The molecule has 6 nitrogen and oxygen atoms in total. The molecule has 1 aromatic heterocycles. The third-order valence-electron chi connectivity index (χ3n) is 3.27. The Morgan fingerprint density at radius 1 is 1.04 bits per heavy atom. The summed E-state index contributed by atoms with van der Waals surface area (Å²) in [5.41, 5.74) is 1.45. The Bertz CT molecular complexity index is 893. The minimum Gasteiger partial charge on any atom is -0.508 e. The van der Waals surface area contributed by atoms with E-state index >= 15 is 0 Å². The number of rotatable bonds is 2. The van der Waals surface area contributed by atoms with Gasteiger partial charge in [0.15, 0.2) is 5.82 Å². The van der Waals surface area contributed by atoms with Crippen LogP contribution >= 0.6 is 0 Å². The Hall–Kier alpha value is -3.15. The van der Waals surface area contributed by atoms with E-state index in [9.17, 15) is 9.90 Å². The van der Waals surface area contributed by atoms with Gasteiger partial charge in [-0.1, -0.05) is 18.2 Å². The smallest absolute Gasteiger partial charge is 0.508 e. The quantitative estimate of drug-likeness (QED) is 0.730. The first-order valence-corrected chi connectivity index (χ1v) is 6.90. The van der Waals surface area contributed by atoms with Gasteiger partial charge in [0.05, 0.1) is 7.11 Å². The lowest BCUT2D eigenvalue weighted by Crippen LogP contribution is -2.09. The molecule has 23 heavy (non-hydrogen) atoms. The Morgan fingerprint density at radius 3 is 2.57 bits per heavy atom. The summed E-state index contributed by atoms with van der Waals surface area (Å²) >= 11 is 0. The zero-order valence-corrected chi connectivity index (χ0v) is 12.6. The number of aromatic nitrogens is 2. The number of phenolic OH excluding ortho intramolecular Hbond substituents is 1. The van der Waals surface area contributed by atoms with Crippen LogP contribution in [0.25, 0.3) is 22.2 Å². The lowest BCUT2D eigenvalue weighted by Gasteiger charge is -2.07. The van der Waals surface area contributed by atoms with E-state index < -0.39 is 6.16 Å². The van der Waals surface area contributed by atoms with E-state index in [-0.39, 0.29) is 11.6 Å². The van der Waals surface area contributed by atoms with E-state index in [1.807, 2.05) is 24.3 Å². The van der Waals surface area contributed by atoms with Crippen LogP contribution in [0.1, 0.15) is 5.69 Å². The summed E-state index contributed by atoms with van der Waals surface area (Å²) < 4.78 is 9.43. The number of benzene rings is 2. The highest BCUT2D eigenvalue weighted by Crippen LogP contribution is 2.26. The van der Waals surface area contributed by atoms with Crippen molar-refractivity contribution in [1.29, 1.82) is 0 Å². The molecule has 0 radical (unpaired) electrons. The summed E-state index contributed by atoms with van der Waals surface area (Å²) in [5.74, 6) is 0.787. The zero-order chi connectivity index (χ0) is 16.4. The second-order valence-electron chi connectivity index (χ2n) is 4.97. The minimum atomic E-state index is -0.831. The fraction of sp³-hybridized carbons (Fsp3) is 0.118. The van der Waals surface area contributed by atoms with E-state index in [2.05, 4.69) is 14.7 Å². The lowest BCUT2D eigenvalue weighted by atomic mass is 10.1. The number of carbonyl (C=O) groups excluding carboxylic acids is 1. The molecule has 0 aliphatic carbocycles. The summed E-state index contributed by atoms with van der Waals surface area (Å²) in [6, 6.07) is 12.3. The first-order chi connectivity index (χ1) is 11.0. The first-order valence-electron chi connectivity index (χ1n) is 6.90. The predicted octanol–water partition coefficient (Wildman–Crippen LogP) is 3.46. The molecular formula is C17H14N2O4.